The molecule has 0 amide bonds. The van der Waals surface area contributed by atoms with Crippen LogP contribution in [0.1, 0.15) is 12.5 Å². The van der Waals surface area contributed by atoms with E-state index in [-0.39, 0.29) is 6.04 Å². The first kappa shape index (κ1) is 12.3. The van der Waals surface area contributed by atoms with Crippen molar-refractivity contribution in [1.29, 1.82) is 0 Å². The van der Waals surface area contributed by atoms with E-state index in [9.17, 15) is 0 Å². The highest BCUT2D eigenvalue weighted by Crippen LogP contribution is 2.30. The van der Waals surface area contributed by atoms with Crippen molar-refractivity contribution in [2.75, 3.05) is 7.11 Å². The largest absolute Gasteiger partial charge is 0.495 e. The SMILES string of the molecule is COc1cn(C[C@H](C)N=[N+]=[N-])c2cccc(C)c12. The summed E-state index contributed by atoms with van der Waals surface area (Å²) in [5.74, 6) is 0.858. The van der Waals surface area contributed by atoms with Gasteiger partial charge < -0.3 is 9.30 Å². The summed E-state index contributed by atoms with van der Waals surface area (Å²) in [4.78, 5) is 2.84. The fourth-order valence-electron chi connectivity index (χ4n) is 2.20. The molecule has 0 aliphatic rings. The van der Waals surface area contributed by atoms with Crippen molar-refractivity contribution < 1.29 is 4.74 Å². The predicted octanol–water partition coefficient (Wildman–Crippen LogP) is 3.66. The van der Waals surface area contributed by atoms with Gasteiger partial charge in [0.2, 0.25) is 0 Å². The van der Waals surface area contributed by atoms with Gasteiger partial charge in [0.15, 0.2) is 0 Å². The highest BCUT2D eigenvalue weighted by molar-refractivity contribution is 5.89. The zero-order valence-electron chi connectivity index (χ0n) is 10.8. The van der Waals surface area contributed by atoms with Crippen molar-refractivity contribution in [2.24, 2.45) is 5.11 Å². The monoisotopic (exact) mass is 244 g/mol. The van der Waals surface area contributed by atoms with Crippen LogP contribution in [0.2, 0.25) is 0 Å². The summed E-state index contributed by atoms with van der Waals surface area (Å²) in [6.45, 7) is 4.60. The number of methoxy groups -OCH3 is 1. The maximum Gasteiger partial charge on any atom is 0.144 e. The van der Waals surface area contributed by atoms with Crippen LogP contribution in [0, 0.1) is 6.92 Å². The van der Waals surface area contributed by atoms with E-state index in [4.69, 9.17) is 10.3 Å². The van der Waals surface area contributed by atoms with Gasteiger partial charge in [0.05, 0.1) is 18.7 Å². The van der Waals surface area contributed by atoms with E-state index in [1.807, 2.05) is 25.3 Å². The van der Waals surface area contributed by atoms with Crippen molar-refractivity contribution in [3.63, 3.8) is 0 Å². The number of nitrogens with zero attached hydrogens (tertiary/aromatic N) is 4. The number of aromatic nitrogens is 1. The van der Waals surface area contributed by atoms with Gasteiger partial charge in [-0.1, -0.05) is 24.2 Å². The summed E-state index contributed by atoms with van der Waals surface area (Å²) >= 11 is 0. The molecule has 0 N–H and O–H groups in total. The lowest BCUT2D eigenvalue weighted by Gasteiger charge is -2.07. The van der Waals surface area contributed by atoms with Crippen molar-refractivity contribution in [1.82, 2.24) is 4.57 Å². The lowest BCUT2D eigenvalue weighted by Crippen LogP contribution is -2.08. The summed E-state index contributed by atoms with van der Waals surface area (Å²) in [6.07, 6.45) is 1.96. The first-order chi connectivity index (χ1) is 8.67. The molecule has 0 spiro atoms. The van der Waals surface area contributed by atoms with Crippen LogP contribution >= 0.6 is 0 Å². The third-order valence-corrected chi connectivity index (χ3v) is 3.01. The van der Waals surface area contributed by atoms with Crippen LogP contribution in [0.3, 0.4) is 0 Å². The van der Waals surface area contributed by atoms with Crippen molar-refractivity contribution >= 4 is 10.9 Å². The Morgan fingerprint density at radius 2 is 2.28 bits per heavy atom. The molecule has 1 aromatic carbocycles. The summed E-state index contributed by atoms with van der Waals surface area (Å²) < 4.78 is 7.48. The molecule has 2 aromatic rings. The highest BCUT2D eigenvalue weighted by atomic mass is 16.5. The van der Waals surface area contributed by atoms with Gasteiger partial charge in [0.1, 0.15) is 5.75 Å². The molecule has 18 heavy (non-hydrogen) atoms. The molecule has 0 unspecified atom stereocenters. The Balaban J connectivity index is 2.52. The number of aryl methyl sites for hydroxylation is 1. The smallest absolute Gasteiger partial charge is 0.144 e. The zero-order chi connectivity index (χ0) is 13.1. The lowest BCUT2D eigenvalue weighted by atomic mass is 10.1. The predicted molar refractivity (Wildman–Crippen MR) is 71.8 cm³/mol. The highest BCUT2D eigenvalue weighted by Gasteiger charge is 2.12. The molecule has 0 saturated heterocycles. The van der Waals surface area contributed by atoms with Gasteiger partial charge in [-0.3, -0.25) is 0 Å². The van der Waals surface area contributed by atoms with Crippen LogP contribution in [0.5, 0.6) is 5.75 Å². The second-order valence-corrected chi connectivity index (χ2v) is 4.37. The molecular formula is C13H16N4O. The number of hydrogen-bond donors (Lipinski definition) is 0. The molecular weight excluding hydrogens is 228 g/mol. The Bertz CT molecular complexity index is 611. The van der Waals surface area contributed by atoms with E-state index < -0.39 is 0 Å². The van der Waals surface area contributed by atoms with Gasteiger partial charge >= 0.3 is 0 Å². The van der Waals surface area contributed by atoms with Crippen molar-refractivity contribution in [3.05, 3.63) is 40.4 Å². The average molecular weight is 244 g/mol. The molecule has 5 heteroatoms. The standard InChI is InChI=1S/C13H16N4O/c1-9-5-4-6-11-13(9)12(18-3)8-17(11)7-10(2)15-16-14/h4-6,8,10H,7H2,1-3H3/t10-/m0/s1. The van der Waals surface area contributed by atoms with E-state index in [1.165, 1.54) is 5.56 Å². The second-order valence-electron chi connectivity index (χ2n) is 4.37. The van der Waals surface area contributed by atoms with E-state index >= 15 is 0 Å². The van der Waals surface area contributed by atoms with Crippen LogP contribution < -0.4 is 4.74 Å². The summed E-state index contributed by atoms with van der Waals surface area (Å²) in [5, 5.41) is 4.82. The number of ether oxygens (including phenoxy) is 1. The Kier molecular flexibility index (Phi) is 3.44. The van der Waals surface area contributed by atoms with Crippen LogP contribution in [-0.2, 0) is 6.54 Å². The van der Waals surface area contributed by atoms with Gasteiger partial charge in [0.25, 0.3) is 0 Å². The Labute approximate surface area is 106 Å². The first-order valence-electron chi connectivity index (χ1n) is 5.84. The Hall–Kier alpha value is -2.13. The molecule has 0 saturated carbocycles. The van der Waals surface area contributed by atoms with E-state index in [0.29, 0.717) is 6.54 Å². The third kappa shape index (κ3) is 2.13. The number of azide groups is 1. The molecule has 5 nitrogen and oxygen atoms in total. The number of rotatable bonds is 4. The summed E-state index contributed by atoms with van der Waals surface area (Å²) in [6, 6.07) is 6.04. The molecule has 0 aliphatic heterocycles. The van der Waals surface area contributed by atoms with Gasteiger partial charge in [-0.15, -0.1) is 0 Å². The molecule has 2 rings (SSSR count). The quantitative estimate of drug-likeness (QED) is 0.460. The summed E-state index contributed by atoms with van der Waals surface area (Å²) in [7, 11) is 1.67. The minimum absolute atomic E-state index is 0.0872. The fraction of sp³-hybridized carbons (Fsp3) is 0.385. The maximum absolute atomic E-state index is 8.45. The Morgan fingerprint density at radius 3 is 2.94 bits per heavy atom. The van der Waals surface area contributed by atoms with Crippen molar-refractivity contribution in [2.45, 2.75) is 26.4 Å². The minimum Gasteiger partial charge on any atom is -0.495 e. The molecule has 94 valence electrons. The summed E-state index contributed by atoms with van der Waals surface area (Å²) in [5.41, 5.74) is 10.7. The van der Waals surface area contributed by atoms with Crippen LogP contribution in [0.15, 0.2) is 29.5 Å². The molecule has 0 fully saturated rings. The van der Waals surface area contributed by atoms with Gasteiger partial charge in [-0.25, -0.2) is 0 Å². The molecule has 1 aromatic heterocycles. The average Bonchev–Trinajstić information content (AvgIpc) is 2.69. The number of hydrogen-bond acceptors (Lipinski definition) is 2. The molecule has 0 aliphatic carbocycles. The van der Waals surface area contributed by atoms with E-state index in [0.717, 1.165) is 16.7 Å². The van der Waals surface area contributed by atoms with Gasteiger partial charge in [-0.2, -0.15) is 0 Å². The van der Waals surface area contributed by atoms with Crippen molar-refractivity contribution in [3.8, 4) is 5.75 Å². The topological polar surface area (TPSA) is 62.9 Å². The molecule has 1 atom stereocenters. The molecule has 1 heterocycles. The van der Waals surface area contributed by atoms with E-state index in [1.54, 1.807) is 7.11 Å². The zero-order valence-corrected chi connectivity index (χ0v) is 10.8. The molecule has 0 radical (unpaired) electrons. The first-order valence-corrected chi connectivity index (χ1v) is 5.84. The number of benzene rings is 1. The maximum atomic E-state index is 8.45. The normalized spacial score (nSPS) is 12.2. The van der Waals surface area contributed by atoms with Gasteiger partial charge in [-0.05, 0) is 24.1 Å². The second kappa shape index (κ2) is 5.02. The van der Waals surface area contributed by atoms with Crippen LogP contribution in [0.25, 0.3) is 21.3 Å². The fourth-order valence-corrected chi connectivity index (χ4v) is 2.20. The van der Waals surface area contributed by atoms with Crippen LogP contribution in [-0.4, -0.2) is 17.7 Å². The van der Waals surface area contributed by atoms with E-state index in [2.05, 4.69) is 27.6 Å². The number of fused-ring (bicyclic) bond motifs is 1. The minimum atomic E-state index is -0.0872. The van der Waals surface area contributed by atoms with Gasteiger partial charge in [0, 0.05) is 23.0 Å². The lowest BCUT2D eigenvalue weighted by molar-refractivity contribution is 0.417. The molecule has 0 bridgehead atoms. The Morgan fingerprint density at radius 1 is 1.50 bits per heavy atom. The van der Waals surface area contributed by atoms with Crippen LogP contribution in [0.4, 0.5) is 0 Å². The third-order valence-electron chi connectivity index (χ3n) is 3.01.